The lowest BCUT2D eigenvalue weighted by molar-refractivity contribution is -0.122. The van der Waals surface area contributed by atoms with E-state index >= 15 is 0 Å². The molecule has 4 rings (SSSR count). The molecule has 0 saturated carbocycles. The molecule has 1 aromatic carbocycles. The smallest absolute Gasteiger partial charge is 0.298 e. The molecular formula is C23H29N5O3. The van der Waals surface area contributed by atoms with Crippen molar-refractivity contribution in [1.82, 2.24) is 19.6 Å². The molecule has 1 aliphatic rings. The van der Waals surface area contributed by atoms with E-state index in [0.717, 1.165) is 17.5 Å². The van der Waals surface area contributed by atoms with Crippen molar-refractivity contribution in [2.45, 2.75) is 64.9 Å². The van der Waals surface area contributed by atoms with Crippen LogP contribution in [0.4, 0.5) is 5.69 Å². The molecular weight excluding hydrogens is 394 g/mol. The van der Waals surface area contributed by atoms with Crippen LogP contribution in [-0.4, -0.2) is 37.7 Å². The number of aromatic amines is 1. The number of nitrogens with zero attached hydrogens (tertiary/aromatic N) is 3. The number of fused-ring (bicyclic) bond motifs is 1. The van der Waals surface area contributed by atoms with E-state index in [0.29, 0.717) is 30.3 Å². The zero-order chi connectivity index (χ0) is 22.4. The fourth-order valence-electron chi connectivity index (χ4n) is 4.88. The van der Waals surface area contributed by atoms with Gasteiger partial charge in [-0.15, -0.1) is 0 Å². The molecule has 0 aliphatic carbocycles. The fourth-order valence-corrected chi connectivity index (χ4v) is 4.88. The van der Waals surface area contributed by atoms with E-state index in [2.05, 4.69) is 53.3 Å². The van der Waals surface area contributed by atoms with Crippen molar-refractivity contribution in [3.05, 3.63) is 57.3 Å². The summed E-state index contributed by atoms with van der Waals surface area (Å²) in [5.41, 5.74) is 1.86. The van der Waals surface area contributed by atoms with Gasteiger partial charge in [0.15, 0.2) is 0 Å². The maximum absolute atomic E-state index is 13.3. The lowest BCUT2D eigenvalue weighted by Gasteiger charge is -2.45. The quantitative estimate of drug-likeness (QED) is 0.671. The highest BCUT2D eigenvalue weighted by atomic mass is 16.5. The molecule has 1 aliphatic heterocycles. The maximum atomic E-state index is 13.3. The SMILES string of the molecule is Cc1nc2nc(C)c(NC(=O)CC3(c4ccccc4C)CCOC(C)(C)C3)c(=O)n2[nH]1. The Morgan fingerprint density at radius 3 is 2.68 bits per heavy atom. The number of nitrogens with one attached hydrogen (secondary N) is 2. The predicted octanol–water partition coefficient (Wildman–Crippen LogP) is 3.20. The molecule has 2 N–H and O–H groups in total. The second kappa shape index (κ2) is 7.60. The molecule has 0 bridgehead atoms. The molecule has 2 aromatic heterocycles. The standard InChI is InChI=1S/C23H29N5O3/c1-14-8-6-7-9-17(14)23(10-11-31-22(4,5)13-23)12-18(29)26-19-15(2)24-21-25-16(3)27-28(21)20(19)30/h6-9H,10-13H2,1-5H3,(H,26,29)(H,24,25,27). The summed E-state index contributed by atoms with van der Waals surface area (Å²) in [5.74, 6) is 0.662. The van der Waals surface area contributed by atoms with Crippen LogP contribution in [0.2, 0.25) is 0 Å². The topological polar surface area (TPSA) is 101 Å². The summed E-state index contributed by atoms with van der Waals surface area (Å²) in [4.78, 5) is 34.7. The van der Waals surface area contributed by atoms with Crippen molar-refractivity contribution < 1.29 is 9.53 Å². The minimum atomic E-state index is -0.372. The van der Waals surface area contributed by atoms with Crippen LogP contribution < -0.4 is 10.9 Å². The average Bonchev–Trinajstić information content (AvgIpc) is 3.05. The summed E-state index contributed by atoms with van der Waals surface area (Å²) in [7, 11) is 0. The predicted molar refractivity (Wildman–Crippen MR) is 118 cm³/mol. The van der Waals surface area contributed by atoms with Gasteiger partial charge in [-0.3, -0.25) is 14.7 Å². The first kappa shape index (κ1) is 21.2. The van der Waals surface area contributed by atoms with E-state index < -0.39 is 0 Å². The Hall–Kier alpha value is -3.00. The van der Waals surface area contributed by atoms with Gasteiger partial charge in [0.25, 0.3) is 11.3 Å². The van der Waals surface area contributed by atoms with Gasteiger partial charge in [-0.2, -0.15) is 9.50 Å². The number of hydrogen-bond acceptors (Lipinski definition) is 5. The number of benzene rings is 1. The van der Waals surface area contributed by atoms with E-state index in [1.165, 1.54) is 4.52 Å². The highest BCUT2D eigenvalue weighted by Crippen LogP contribution is 2.45. The van der Waals surface area contributed by atoms with Gasteiger partial charge in [0.1, 0.15) is 11.5 Å². The van der Waals surface area contributed by atoms with Gasteiger partial charge < -0.3 is 10.1 Å². The minimum absolute atomic E-state index is 0.178. The Morgan fingerprint density at radius 1 is 1.23 bits per heavy atom. The number of aryl methyl sites for hydroxylation is 3. The van der Waals surface area contributed by atoms with Gasteiger partial charge in [0.2, 0.25) is 5.91 Å². The van der Waals surface area contributed by atoms with Crippen LogP contribution in [0.25, 0.3) is 5.78 Å². The molecule has 8 nitrogen and oxygen atoms in total. The number of rotatable bonds is 4. The number of anilines is 1. The first-order valence-electron chi connectivity index (χ1n) is 10.6. The van der Waals surface area contributed by atoms with Crippen LogP contribution in [0.15, 0.2) is 29.1 Å². The van der Waals surface area contributed by atoms with E-state index in [9.17, 15) is 9.59 Å². The molecule has 1 unspecified atom stereocenters. The molecule has 0 spiro atoms. The Kier molecular flexibility index (Phi) is 5.21. The molecule has 1 fully saturated rings. The third-order valence-electron chi connectivity index (χ3n) is 6.11. The summed E-state index contributed by atoms with van der Waals surface area (Å²) in [6.07, 6.45) is 1.71. The normalized spacial score (nSPS) is 20.7. The highest BCUT2D eigenvalue weighted by Gasteiger charge is 2.44. The van der Waals surface area contributed by atoms with E-state index in [1.54, 1.807) is 13.8 Å². The van der Waals surface area contributed by atoms with Crippen molar-refractivity contribution in [1.29, 1.82) is 0 Å². The van der Waals surface area contributed by atoms with Crippen LogP contribution in [-0.2, 0) is 14.9 Å². The van der Waals surface area contributed by atoms with Crippen molar-refractivity contribution in [2.24, 2.45) is 0 Å². The van der Waals surface area contributed by atoms with Crippen LogP contribution >= 0.6 is 0 Å². The lowest BCUT2D eigenvalue weighted by Crippen LogP contribution is -2.46. The van der Waals surface area contributed by atoms with Crippen molar-refractivity contribution in [3.8, 4) is 0 Å². The van der Waals surface area contributed by atoms with E-state index in [-0.39, 0.29) is 34.6 Å². The van der Waals surface area contributed by atoms with Gasteiger partial charge in [-0.05, 0) is 58.6 Å². The number of carbonyl (C=O) groups excluding carboxylic acids is 1. The van der Waals surface area contributed by atoms with Crippen LogP contribution in [0.1, 0.15) is 55.8 Å². The van der Waals surface area contributed by atoms with Gasteiger partial charge in [-0.1, -0.05) is 24.3 Å². The van der Waals surface area contributed by atoms with Crippen LogP contribution in [0.5, 0.6) is 0 Å². The molecule has 1 atom stereocenters. The average molecular weight is 424 g/mol. The van der Waals surface area contributed by atoms with Gasteiger partial charge in [0.05, 0.1) is 11.3 Å². The summed E-state index contributed by atoms with van der Waals surface area (Å²) in [6, 6.07) is 8.20. The molecule has 1 amide bonds. The van der Waals surface area contributed by atoms with Crippen LogP contribution in [0.3, 0.4) is 0 Å². The van der Waals surface area contributed by atoms with Crippen molar-refractivity contribution in [3.63, 3.8) is 0 Å². The molecule has 0 radical (unpaired) electrons. The Labute approximate surface area is 181 Å². The second-order valence-corrected chi connectivity index (χ2v) is 9.18. The molecule has 3 aromatic rings. The highest BCUT2D eigenvalue weighted by molar-refractivity contribution is 5.92. The fraction of sp³-hybridized carbons (Fsp3) is 0.478. The lowest BCUT2D eigenvalue weighted by atomic mass is 9.66. The summed E-state index contributed by atoms with van der Waals surface area (Å²) in [6.45, 7) is 10.2. The molecule has 3 heterocycles. The van der Waals surface area contributed by atoms with Gasteiger partial charge >= 0.3 is 0 Å². The minimum Gasteiger partial charge on any atom is -0.376 e. The summed E-state index contributed by atoms with van der Waals surface area (Å²) < 4.78 is 7.22. The van der Waals surface area contributed by atoms with E-state index in [1.807, 2.05) is 12.1 Å². The monoisotopic (exact) mass is 423 g/mol. The van der Waals surface area contributed by atoms with Gasteiger partial charge in [-0.25, -0.2) is 4.98 Å². The summed E-state index contributed by atoms with van der Waals surface area (Å²) in [5, 5.41) is 5.71. The third-order valence-corrected chi connectivity index (χ3v) is 6.11. The first-order chi connectivity index (χ1) is 14.6. The van der Waals surface area contributed by atoms with E-state index in [4.69, 9.17) is 4.74 Å². The number of ether oxygens (including phenoxy) is 1. The largest absolute Gasteiger partial charge is 0.376 e. The number of amides is 1. The Morgan fingerprint density at radius 2 is 1.97 bits per heavy atom. The third kappa shape index (κ3) is 3.99. The number of H-pyrrole nitrogens is 1. The Bertz CT molecular complexity index is 1210. The molecule has 31 heavy (non-hydrogen) atoms. The maximum Gasteiger partial charge on any atom is 0.298 e. The van der Waals surface area contributed by atoms with Crippen molar-refractivity contribution >= 4 is 17.4 Å². The van der Waals surface area contributed by atoms with Crippen LogP contribution in [0, 0.1) is 20.8 Å². The Balaban J connectivity index is 1.69. The van der Waals surface area contributed by atoms with Gasteiger partial charge in [0, 0.05) is 18.4 Å². The first-order valence-corrected chi connectivity index (χ1v) is 10.6. The second-order valence-electron chi connectivity index (χ2n) is 9.18. The number of aromatic nitrogens is 4. The summed E-state index contributed by atoms with van der Waals surface area (Å²) >= 11 is 0. The molecule has 1 saturated heterocycles. The number of hydrogen-bond donors (Lipinski definition) is 2. The zero-order valence-corrected chi connectivity index (χ0v) is 18.7. The molecule has 164 valence electrons. The number of carbonyl (C=O) groups is 1. The molecule has 8 heteroatoms. The van der Waals surface area contributed by atoms with Crippen molar-refractivity contribution in [2.75, 3.05) is 11.9 Å². The zero-order valence-electron chi connectivity index (χ0n) is 18.7.